The van der Waals surface area contributed by atoms with E-state index in [0.717, 1.165) is 11.8 Å². The first kappa shape index (κ1) is 9.45. The molecule has 0 aliphatic carbocycles. The summed E-state index contributed by atoms with van der Waals surface area (Å²) in [7, 11) is 0. The zero-order chi connectivity index (χ0) is 9.84. The van der Waals surface area contributed by atoms with E-state index in [1.807, 2.05) is 6.92 Å². The van der Waals surface area contributed by atoms with Crippen molar-refractivity contribution < 1.29 is 9.59 Å². The zero-order valence-electron chi connectivity index (χ0n) is 7.41. The number of hydrogen-bond donors (Lipinski definition) is 1. The number of carbonyl (C=O) groups is 2. The van der Waals surface area contributed by atoms with Gasteiger partial charge in [0.05, 0.1) is 0 Å². The lowest BCUT2D eigenvalue weighted by Crippen LogP contribution is -2.13. The molecule has 0 saturated heterocycles. The second-order valence-electron chi connectivity index (χ2n) is 2.75. The fourth-order valence-corrected chi connectivity index (χ4v) is 1.22. The summed E-state index contributed by atoms with van der Waals surface area (Å²) in [5.74, 6) is -0.450. The molecule has 1 aromatic carbocycles. The Morgan fingerprint density at radius 1 is 1.54 bits per heavy atom. The van der Waals surface area contributed by atoms with E-state index in [2.05, 4.69) is 0 Å². The molecule has 0 bridgehead atoms. The summed E-state index contributed by atoms with van der Waals surface area (Å²) in [4.78, 5) is 21.4. The van der Waals surface area contributed by atoms with Gasteiger partial charge in [-0.15, -0.1) is 0 Å². The van der Waals surface area contributed by atoms with Crippen LogP contribution in [0, 0.1) is 0 Å². The Hall–Kier alpha value is -1.64. The highest BCUT2D eigenvalue weighted by Gasteiger charge is 2.06. The molecular formula is C10H11NO2. The van der Waals surface area contributed by atoms with Gasteiger partial charge >= 0.3 is 0 Å². The molecular weight excluding hydrogens is 166 g/mol. The molecule has 0 saturated carbocycles. The number of amides is 1. The van der Waals surface area contributed by atoms with Crippen LogP contribution < -0.4 is 5.73 Å². The average molecular weight is 177 g/mol. The lowest BCUT2D eigenvalue weighted by molar-refractivity contribution is 0.0998. The highest BCUT2D eigenvalue weighted by atomic mass is 16.1. The standard InChI is InChI=1S/C10H11NO2/c1-2-8-5-7(6-12)3-4-9(8)10(11)13/h3-6H,2H2,1H3,(H2,11,13). The van der Waals surface area contributed by atoms with E-state index < -0.39 is 5.91 Å². The van der Waals surface area contributed by atoms with Crippen molar-refractivity contribution in [3.05, 3.63) is 34.9 Å². The molecule has 0 aromatic heterocycles. The molecule has 0 aliphatic heterocycles. The van der Waals surface area contributed by atoms with E-state index >= 15 is 0 Å². The van der Waals surface area contributed by atoms with Crippen LogP contribution in [0.5, 0.6) is 0 Å². The maximum atomic E-state index is 10.9. The van der Waals surface area contributed by atoms with E-state index in [0.29, 0.717) is 17.5 Å². The predicted octanol–water partition coefficient (Wildman–Crippen LogP) is 1.16. The molecule has 68 valence electrons. The Morgan fingerprint density at radius 3 is 2.69 bits per heavy atom. The normalized spacial score (nSPS) is 9.62. The van der Waals surface area contributed by atoms with E-state index in [-0.39, 0.29) is 0 Å². The van der Waals surface area contributed by atoms with Crippen molar-refractivity contribution in [2.75, 3.05) is 0 Å². The van der Waals surface area contributed by atoms with Crippen LogP contribution in [0.1, 0.15) is 33.2 Å². The molecule has 1 aromatic rings. The first-order valence-electron chi connectivity index (χ1n) is 4.07. The summed E-state index contributed by atoms with van der Waals surface area (Å²) in [6, 6.07) is 4.87. The van der Waals surface area contributed by atoms with Gasteiger partial charge in [0, 0.05) is 11.1 Å². The third-order valence-electron chi connectivity index (χ3n) is 1.91. The van der Waals surface area contributed by atoms with Crippen molar-refractivity contribution in [1.29, 1.82) is 0 Å². The van der Waals surface area contributed by atoms with Gasteiger partial charge in [-0.05, 0) is 24.1 Å². The predicted molar refractivity (Wildman–Crippen MR) is 49.7 cm³/mol. The van der Waals surface area contributed by atoms with Crippen LogP contribution in [0.2, 0.25) is 0 Å². The van der Waals surface area contributed by atoms with E-state index in [1.54, 1.807) is 18.2 Å². The quantitative estimate of drug-likeness (QED) is 0.704. The smallest absolute Gasteiger partial charge is 0.248 e. The van der Waals surface area contributed by atoms with Gasteiger partial charge in [0.15, 0.2) is 0 Å². The fraction of sp³-hybridized carbons (Fsp3) is 0.200. The number of aryl methyl sites for hydroxylation is 1. The van der Waals surface area contributed by atoms with Gasteiger partial charge in [-0.2, -0.15) is 0 Å². The highest BCUT2D eigenvalue weighted by Crippen LogP contribution is 2.11. The van der Waals surface area contributed by atoms with Gasteiger partial charge < -0.3 is 5.73 Å². The largest absolute Gasteiger partial charge is 0.366 e. The maximum absolute atomic E-state index is 10.9. The van der Waals surface area contributed by atoms with E-state index in [1.165, 1.54) is 0 Å². The van der Waals surface area contributed by atoms with Crippen molar-refractivity contribution in [2.45, 2.75) is 13.3 Å². The molecule has 0 unspecified atom stereocenters. The summed E-state index contributed by atoms with van der Waals surface area (Å²) < 4.78 is 0. The number of primary amides is 1. The molecule has 0 radical (unpaired) electrons. The summed E-state index contributed by atoms with van der Waals surface area (Å²) in [6.45, 7) is 1.91. The lowest BCUT2D eigenvalue weighted by Gasteiger charge is -2.03. The van der Waals surface area contributed by atoms with Crippen molar-refractivity contribution in [3.63, 3.8) is 0 Å². The highest BCUT2D eigenvalue weighted by molar-refractivity contribution is 5.95. The number of rotatable bonds is 3. The second kappa shape index (κ2) is 3.85. The second-order valence-corrected chi connectivity index (χ2v) is 2.75. The van der Waals surface area contributed by atoms with Crippen LogP contribution in [-0.2, 0) is 6.42 Å². The summed E-state index contributed by atoms with van der Waals surface area (Å²) >= 11 is 0. The van der Waals surface area contributed by atoms with Crippen LogP contribution in [0.25, 0.3) is 0 Å². The molecule has 0 heterocycles. The maximum Gasteiger partial charge on any atom is 0.248 e. The first-order valence-corrected chi connectivity index (χ1v) is 4.07. The molecule has 3 nitrogen and oxygen atoms in total. The molecule has 13 heavy (non-hydrogen) atoms. The third-order valence-corrected chi connectivity index (χ3v) is 1.91. The minimum atomic E-state index is -0.450. The fourth-order valence-electron chi connectivity index (χ4n) is 1.22. The minimum Gasteiger partial charge on any atom is -0.366 e. The third kappa shape index (κ3) is 1.93. The van der Waals surface area contributed by atoms with Crippen molar-refractivity contribution >= 4 is 12.2 Å². The number of aldehydes is 1. The molecule has 1 amide bonds. The van der Waals surface area contributed by atoms with Crippen molar-refractivity contribution in [1.82, 2.24) is 0 Å². The number of nitrogens with two attached hydrogens (primary N) is 1. The lowest BCUT2D eigenvalue weighted by atomic mass is 10.0. The molecule has 1 rings (SSSR count). The Morgan fingerprint density at radius 2 is 2.23 bits per heavy atom. The minimum absolute atomic E-state index is 0.450. The Bertz CT molecular complexity index is 345. The molecule has 2 N–H and O–H groups in total. The van der Waals surface area contributed by atoms with Crippen LogP contribution in [0.3, 0.4) is 0 Å². The Balaban J connectivity index is 3.23. The van der Waals surface area contributed by atoms with E-state index in [4.69, 9.17) is 5.73 Å². The topological polar surface area (TPSA) is 60.2 Å². The van der Waals surface area contributed by atoms with Crippen molar-refractivity contribution in [2.24, 2.45) is 5.73 Å². The van der Waals surface area contributed by atoms with Crippen LogP contribution >= 0.6 is 0 Å². The van der Waals surface area contributed by atoms with Gasteiger partial charge in [0.1, 0.15) is 6.29 Å². The molecule has 3 heteroatoms. The number of hydrogen-bond acceptors (Lipinski definition) is 2. The van der Waals surface area contributed by atoms with Gasteiger partial charge in [-0.3, -0.25) is 9.59 Å². The Labute approximate surface area is 76.6 Å². The van der Waals surface area contributed by atoms with E-state index in [9.17, 15) is 9.59 Å². The molecule has 0 spiro atoms. The Kier molecular flexibility index (Phi) is 2.80. The SMILES string of the molecule is CCc1cc(C=O)ccc1C(N)=O. The average Bonchev–Trinajstić information content (AvgIpc) is 2.16. The monoisotopic (exact) mass is 177 g/mol. The first-order chi connectivity index (χ1) is 6.19. The summed E-state index contributed by atoms with van der Waals surface area (Å²) in [5, 5.41) is 0. The van der Waals surface area contributed by atoms with Crippen LogP contribution in [0.15, 0.2) is 18.2 Å². The van der Waals surface area contributed by atoms with Crippen molar-refractivity contribution in [3.8, 4) is 0 Å². The number of carbonyl (C=O) groups excluding carboxylic acids is 2. The summed E-state index contributed by atoms with van der Waals surface area (Å²) in [6.07, 6.45) is 1.45. The van der Waals surface area contributed by atoms with Gasteiger partial charge in [-0.25, -0.2) is 0 Å². The van der Waals surface area contributed by atoms with Gasteiger partial charge in [-0.1, -0.05) is 13.0 Å². The number of benzene rings is 1. The van der Waals surface area contributed by atoms with Crippen LogP contribution in [0.4, 0.5) is 0 Å². The van der Waals surface area contributed by atoms with Crippen LogP contribution in [-0.4, -0.2) is 12.2 Å². The van der Waals surface area contributed by atoms with Gasteiger partial charge in [0.25, 0.3) is 0 Å². The molecule has 0 atom stereocenters. The molecule has 0 aliphatic rings. The zero-order valence-corrected chi connectivity index (χ0v) is 7.41. The summed E-state index contributed by atoms with van der Waals surface area (Å²) in [5.41, 5.74) is 7.04. The molecule has 0 fully saturated rings. The van der Waals surface area contributed by atoms with Gasteiger partial charge in [0.2, 0.25) is 5.91 Å².